The molecule has 0 unspecified atom stereocenters. The predicted octanol–water partition coefficient (Wildman–Crippen LogP) is 21.4. The second kappa shape index (κ2) is 20.1. The molecule has 85 heavy (non-hydrogen) atoms. The van der Waals surface area contributed by atoms with Crippen molar-refractivity contribution in [2.24, 2.45) is 0 Å². The van der Waals surface area contributed by atoms with Crippen LogP contribution in [-0.4, -0.2) is 6.79 Å². The second-order valence-corrected chi connectivity index (χ2v) is 23.5. The molecular weight excluding hydrogens is 1030 g/mol. The molecule has 0 N–H and O–H groups in total. The van der Waals surface area contributed by atoms with Crippen LogP contribution in [0.2, 0.25) is 0 Å². The van der Waals surface area contributed by atoms with E-state index in [0.717, 1.165) is 78.3 Å². The third-order valence-electron chi connectivity index (χ3n) is 18.3. The summed E-state index contributed by atoms with van der Waals surface area (Å²) in [5.41, 5.74) is 29.5. The van der Waals surface area contributed by atoms with Crippen molar-refractivity contribution in [3.8, 4) is 123 Å². The van der Waals surface area contributed by atoms with Gasteiger partial charge in [-0.3, -0.25) is 0 Å². The Balaban J connectivity index is 1.05. The van der Waals surface area contributed by atoms with Crippen molar-refractivity contribution in [1.82, 2.24) is 0 Å². The van der Waals surface area contributed by atoms with Crippen LogP contribution in [0.15, 0.2) is 303 Å². The van der Waals surface area contributed by atoms with Gasteiger partial charge < -0.3 is 9.47 Å². The second-order valence-electron chi connectivity index (χ2n) is 23.5. The lowest BCUT2D eigenvalue weighted by Gasteiger charge is -2.36. The number of fused-ring (bicyclic) bond motifs is 8. The molecule has 0 atom stereocenters. The molecule has 0 saturated carbocycles. The summed E-state index contributed by atoms with van der Waals surface area (Å²) >= 11 is 0. The summed E-state index contributed by atoms with van der Waals surface area (Å²) in [5.74, 6) is 1.51. The summed E-state index contributed by atoms with van der Waals surface area (Å²) in [6.45, 7) is 4.93. The summed E-state index contributed by atoms with van der Waals surface area (Å²) in [4.78, 5) is 0. The van der Waals surface area contributed by atoms with Crippen molar-refractivity contribution in [2.75, 3.05) is 6.79 Å². The van der Waals surface area contributed by atoms with Crippen LogP contribution in [0.4, 0.5) is 0 Å². The molecule has 2 nitrogen and oxygen atoms in total. The number of ether oxygens (including phenoxy) is 2. The molecule has 16 rings (SSSR count). The van der Waals surface area contributed by atoms with E-state index in [0.29, 0.717) is 0 Å². The highest BCUT2D eigenvalue weighted by molar-refractivity contribution is 6.02. The van der Waals surface area contributed by atoms with Gasteiger partial charge in [0.15, 0.2) is 11.5 Å². The normalized spacial score (nSPS) is 13.6. The first-order chi connectivity index (χ1) is 41.8. The van der Waals surface area contributed by atoms with E-state index >= 15 is 0 Å². The average molecular weight is 1090 g/mol. The summed E-state index contributed by atoms with van der Waals surface area (Å²) in [6, 6.07) is 113. The zero-order valence-corrected chi connectivity index (χ0v) is 47.4. The third kappa shape index (κ3) is 8.39. The predicted molar refractivity (Wildman–Crippen MR) is 351 cm³/mol. The molecule has 2 heteroatoms. The van der Waals surface area contributed by atoms with Gasteiger partial charge in [-0.15, -0.1) is 0 Å². The highest BCUT2D eigenvalue weighted by atomic mass is 16.7. The van der Waals surface area contributed by atoms with Crippen LogP contribution in [0.25, 0.3) is 111 Å². The molecule has 0 radical (unpaired) electrons. The minimum absolute atomic E-state index is 0.158. The van der Waals surface area contributed by atoms with Crippen molar-refractivity contribution >= 4 is 0 Å². The number of hydrogen-bond acceptors (Lipinski definition) is 2. The van der Waals surface area contributed by atoms with Crippen molar-refractivity contribution in [3.63, 3.8) is 0 Å². The van der Waals surface area contributed by atoms with E-state index in [4.69, 9.17) is 9.47 Å². The molecule has 0 saturated heterocycles. The van der Waals surface area contributed by atoms with Crippen molar-refractivity contribution in [3.05, 3.63) is 337 Å². The molecule has 13 aromatic rings. The van der Waals surface area contributed by atoms with Crippen LogP contribution >= 0.6 is 0 Å². The Hall–Kier alpha value is -10.5. The highest BCUT2D eigenvalue weighted by Crippen LogP contribution is 2.65. The minimum Gasteiger partial charge on any atom is -0.454 e. The van der Waals surface area contributed by atoms with Gasteiger partial charge >= 0.3 is 0 Å². The Morgan fingerprint density at radius 3 is 0.965 bits per heavy atom. The zero-order chi connectivity index (χ0) is 56.6. The van der Waals surface area contributed by atoms with Crippen LogP contribution in [0, 0.1) is 0 Å². The van der Waals surface area contributed by atoms with E-state index < -0.39 is 5.41 Å². The molecule has 0 amide bonds. The first kappa shape index (κ1) is 50.2. The summed E-state index contributed by atoms with van der Waals surface area (Å²) in [5, 5.41) is 0. The van der Waals surface area contributed by atoms with Crippen LogP contribution in [0.1, 0.15) is 47.2 Å². The van der Waals surface area contributed by atoms with E-state index in [1.165, 1.54) is 77.9 Å². The molecular formula is C83H58O2. The Labute approximate surface area is 497 Å². The smallest absolute Gasteiger partial charge is 0.231 e. The molecule has 1 aliphatic heterocycles. The maximum atomic E-state index is 6.54. The monoisotopic (exact) mass is 1090 g/mol. The zero-order valence-electron chi connectivity index (χ0n) is 47.4. The van der Waals surface area contributed by atoms with Crippen LogP contribution in [0.5, 0.6) is 11.5 Å². The van der Waals surface area contributed by atoms with Crippen molar-refractivity contribution < 1.29 is 9.47 Å². The molecule has 0 fully saturated rings. The summed E-state index contributed by atoms with van der Waals surface area (Å²) < 4.78 is 13.0. The van der Waals surface area contributed by atoms with Gasteiger partial charge in [-0.25, -0.2) is 0 Å². The number of hydrogen-bond donors (Lipinski definition) is 0. The molecule has 0 spiro atoms. The summed E-state index contributed by atoms with van der Waals surface area (Å²) in [7, 11) is 0. The fourth-order valence-corrected chi connectivity index (χ4v) is 14.2. The Morgan fingerprint density at radius 1 is 0.235 bits per heavy atom. The standard InChI is InChI=1S/C83H58O2/c1-82(2)74-38-16-15-37-72(74)80-75(82)39-40-76-81(80)73-51-78-79(85-53-84-78)52-77(73)83(76,70-47-66(62-33-17-29-58(41-62)54-21-7-3-8-22-54)45-67(48-70)63-34-18-30-59(42-63)55-23-9-4-10-24-55)71-49-68(64-35-19-31-60(43-64)56-25-11-5-12-26-56)46-69(50-71)65-36-20-32-61(44-65)57-27-13-6-14-28-57/h3-52H,53H2,1-2H3. The van der Waals surface area contributed by atoms with E-state index in [2.05, 4.69) is 317 Å². The lowest BCUT2D eigenvalue weighted by molar-refractivity contribution is 0.174. The van der Waals surface area contributed by atoms with E-state index in [9.17, 15) is 0 Å². The number of rotatable bonds is 10. The molecule has 13 aromatic carbocycles. The fraction of sp³-hybridized carbons (Fsp3) is 0.0602. The van der Waals surface area contributed by atoms with Crippen LogP contribution in [-0.2, 0) is 10.8 Å². The van der Waals surface area contributed by atoms with Gasteiger partial charge in [-0.1, -0.05) is 244 Å². The molecule has 0 aromatic heterocycles. The van der Waals surface area contributed by atoms with Gasteiger partial charge in [-0.2, -0.15) is 0 Å². The minimum atomic E-state index is -0.944. The topological polar surface area (TPSA) is 18.5 Å². The maximum Gasteiger partial charge on any atom is 0.231 e. The molecule has 402 valence electrons. The van der Waals surface area contributed by atoms with Gasteiger partial charge in [-0.05, 0) is 217 Å². The van der Waals surface area contributed by atoms with E-state index in [1.54, 1.807) is 0 Å². The maximum absolute atomic E-state index is 6.54. The fourth-order valence-electron chi connectivity index (χ4n) is 14.2. The van der Waals surface area contributed by atoms with Gasteiger partial charge in [0.25, 0.3) is 0 Å². The van der Waals surface area contributed by atoms with Crippen LogP contribution < -0.4 is 9.47 Å². The molecule has 0 bridgehead atoms. The Bertz CT molecular complexity index is 4330. The number of benzene rings is 13. The van der Waals surface area contributed by atoms with Gasteiger partial charge in [0, 0.05) is 5.41 Å². The molecule has 3 aliphatic rings. The van der Waals surface area contributed by atoms with Crippen molar-refractivity contribution in [2.45, 2.75) is 24.7 Å². The van der Waals surface area contributed by atoms with Crippen LogP contribution in [0.3, 0.4) is 0 Å². The van der Waals surface area contributed by atoms with E-state index in [-0.39, 0.29) is 12.2 Å². The van der Waals surface area contributed by atoms with E-state index in [1.807, 2.05) is 0 Å². The molecule has 2 aliphatic carbocycles. The van der Waals surface area contributed by atoms with Gasteiger partial charge in [0.2, 0.25) is 6.79 Å². The highest BCUT2D eigenvalue weighted by Gasteiger charge is 2.51. The first-order valence-corrected chi connectivity index (χ1v) is 29.5. The lowest BCUT2D eigenvalue weighted by atomic mass is 9.65. The Kier molecular flexibility index (Phi) is 11.9. The quantitative estimate of drug-likeness (QED) is 0.136. The SMILES string of the molecule is CC1(C)c2ccccc2-c2c1ccc1c2-c2cc3c(cc2C1(c1cc(-c2cccc(-c4ccccc4)c2)cc(-c2cccc(-c4ccccc4)c2)c1)c1cc(-c2cccc(-c4ccccc4)c2)cc(-c2cccc(-c4ccccc4)c2)c1)OCO3. The Morgan fingerprint density at radius 2 is 0.553 bits per heavy atom. The van der Waals surface area contributed by atoms with Crippen molar-refractivity contribution in [1.29, 1.82) is 0 Å². The van der Waals surface area contributed by atoms with Gasteiger partial charge in [0.1, 0.15) is 0 Å². The first-order valence-electron chi connectivity index (χ1n) is 29.5. The summed E-state index contributed by atoms with van der Waals surface area (Å²) in [6.07, 6.45) is 0. The van der Waals surface area contributed by atoms with Gasteiger partial charge in [0.05, 0.1) is 5.41 Å². The largest absolute Gasteiger partial charge is 0.454 e. The third-order valence-corrected chi connectivity index (χ3v) is 18.3. The molecule has 1 heterocycles. The average Bonchev–Trinajstić information content (AvgIpc) is 1.55. The lowest BCUT2D eigenvalue weighted by Crippen LogP contribution is -2.29.